The van der Waals surface area contributed by atoms with Crippen molar-refractivity contribution in [1.82, 2.24) is 10.2 Å². The van der Waals surface area contributed by atoms with Crippen LogP contribution in [0, 0.1) is 0 Å². The number of rotatable bonds is 6. The summed E-state index contributed by atoms with van der Waals surface area (Å²) < 4.78 is 32.6. The molecular formula is C11H17BrN2O10P2. The first-order valence-electron chi connectivity index (χ1n) is 6.99. The van der Waals surface area contributed by atoms with Crippen molar-refractivity contribution in [3.8, 4) is 0 Å². The number of aliphatic hydroxyl groups is 2. The zero-order chi connectivity index (χ0) is 19.9. The monoisotopic (exact) mass is 478 g/mol. The Balaban J connectivity index is 2.06. The average Bonchev–Trinajstić information content (AvgIpc) is 2.75. The molecule has 0 bridgehead atoms. The Labute approximate surface area is 155 Å². The molecule has 2 aliphatic heterocycles. The van der Waals surface area contributed by atoms with Gasteiger partial charge in [0.1, 0.15) is 24.1 Å². The molecule has 148 valence electrons. The van der Waals surface area contributed by atoms with Crippen molar-refractivity contribution in [2.45, 2.75) is 24.5 Å². The maximum atomic E-state index is 11.6. The van der Waals surface area contributed by atoms with Crippen LogP contribution in [0.3, 0.4) is 0 Å². The number of hydrogen-bond acceptors (Lipinski definition) is 8. The second-order valence-corrected chi connectivity index (χ2v) is 10.4. The van der Waals surface area contributed by atoms with Crippen LogP contribution >= 0.6 is 31.1 Å². The summed E-state index contributed by atoms with van der Waals surface area (Å²) in [5.41, 5.74) is 0. The Morgan fingerprint density at radius 1 is 1.31 bits per heavy atom. The predicted octanol–water partition coefficient (Wildman–Crippen LogP) is -1.09. The first-order valence-corrected chi connectivity index (χ1v) is 11.3. The fourth-order valence-electron chi connectivity index (χ4n) is 2.30. The van der Waals surface area contributed by atoms with Gasteiger partial charge in [-0.1, -0.05) is 6.58 Å². The normalized spacial score (nSPS) is 32.2. The van der Waals surface area contributed by atoms with Crippen LogP contribution in [0.25, 0.3) is 0 Å². The molecule has 1 saturated heterocycles. The van der Waals surface area contributed by atoms with Crippen LogP contribution in [0.1, 0.15) is 0 Å². The highest BCUT2D eigenvalue weighted by Gasteiger charge is 2.47. The van der Waals surface area contributed by atoms with E-state index in [2.05, 4.69) is 32.3 Å². The van der Waals surface area contributed by atoms with Crippen molar-refractivity contribution in [3.63, 3.8) is 0 Å². The van der Waals surface area contributed by atoms with Gasteiger partial charge >= 0.3 is 15.2 Å². The lowest BCUT2D eigenvalue weighted by atomic mass is 10.1. The fraction of sp³-hybridized carbons (Fsp3) is 0.545. The number of halogens is 1. The van der Waals surface area contributed by atoms with Gasteiger partial charge in [-0.2, -0.15) is 0 Å². The molecule has 0 aromatic rings. The number of carbonyl (C=O) groups is 1. The molecule has 15 heteroatoms. The van der Waals surface area contributed by atoms with Crippen molar-refractivity contribution >= 4 is 37.0 Å². The standard InChI is InChI=1S/C11H17BrN2O10P2/c1-5-13-10(17)6(12)2-14(5)11-9(16)8(15)7(24-11)3-23-26(21,22)4-25(18,19)20/h2,7-9,11,15-16H,1,3-4H2,(H,13,17)(H,21,22)(H2,18,19,20)/t7-,8+,9?,11-/m1/s1. The average molecular weight is 479 g/mol. The Hall–Kier alpha value is -0.590. The molecule has 0 radical (unpaired) electrons. The molecule has 0 aliphatic carbocycles. The zero-order valence-corrected chi connectivity index (χ0v) is 16.4. The van der Waals surface area contributed by atoms with Gasteiger partial charge in [0.15, 0.2) is 12.1 Å². The van der Waals surface area contributed by atoms with Gasteiger partial charge in [0.05, 0.1) is 11.1 Å². The molecule has 26 heavy (non-hydrogen) atoms. The number of carbonyl (C=O) groups excluding carboxylic acids is 1. The van der Waals surface area contributed by atoms with Crippen molar-refractivity contribution in [2.24, 2.45) is 0 Å². The van der Waals surface area contributed by atoms with Crippen LogP contribution in [0.2, 0.25) is 0 Å². The van der Waals surface area contributed by atoms with E-state index < -0.39 is 58.1 Å². The third kappa shape index (κ3) is 5.23. The van der Waals surface area contributed by atoms with Gasteiger partial charge in [-0.25, -0.2) is 0 Å². The van der Waals surface area contributed by atoms with Gasteiger partial charge in [-0.05, 0) is 15.9 Å². The molecule has 2 heterocycles. The fourth-order valence-corrected chi connectivity index (χ4v) is 5.19. The van der Waals surface area contributed by atoms with Crippen molar-refractivity contribution in [1.29, 1.82) is 0 Å². The molecule has 6 N–H and O–H groups in total. The van der Waals surface area contributed by atoms with Crippen LogP contribution in [0.5, 0.6) is 0 Å². The minimum atomic E-state index is -4.79. The number of hydrogen-bond donors (Lipinski definition) is 6. The lowest BCUT2D eigenvalue weighted by Gasteiger charge is -2.33. The van der Waals surface area contributed by atoms with E-state index in [1.165, 1.54) is 11.1 Å². The molecule has 5 atom stereocenters. The number of nitrogens with one attached hydrogen (secondary N) is 1. The molecule has 0 aromatic carbocycles. The van der Waals surface area contributed by atoms with E-state index in [1.807, 2.05) is 0 Å². The minimum absolute atomic E-state index is 0.0605. The molecule has 2 unspecified atom stereocenters. The van der Waals surface area contributed by atoms with Crippen LogP contribution in [-0.4, -0.2) is 72.8 Å². The van der Waals surface area contributed by atoms with E-state index in [1.54, 1.807) is 0 Å². The predicted molar refractivity (Wildman–Crippen MR) is 89.5 cm³/mol. The SMILES string of the molecule is C=C1NC(=O)C(Br)=CN1[C@@H]1O[C@H](COP(=O)(O)CP(=O)(O)O)[C@H](O)C1O. The lowest BCUT2D eigenvalue weighted by molar-refractivity contribution is -0.118. The molecule has 0 saturated carbocycles. The van der Waals surface area contributed by atoms with E-state index >= 15 is 0 Å². The third-order valence-electron chi connectivity index (χ3n) is 3.45. The molecule has 2 rings (SSSR count). The molecule has 0 aromatic heterocycles. The van der Waals surface area contributed by atoms with E-state index in [9.17, 15) is 29.0 Å². The number of aliphatic hydroxyl groups excluding tert-OH is 2. The molecular weight excluding hydrogens is 462 g/mol. The summed E-state index contributed by atoms with van der Waals surface area (Å²) in [5, 5.41) is 22.6. The zero-order valence-electron chi connectivity index (χ0n) is 13.0. The third-order valence-corrected chi connectivity index (χ3v) is 7.47. The van der Waals surface area contributed by atoms with Crippen molar-refractivity contribution in [3.05, 3.63) is 23.1 Å². The maximum Gasteiger partial charge on any atom is 0.340 e. The first-order chi connectivity index (χ1) is 11.8. The highest BCUT2D eigenvalue weighted by Crippen LogP contribution is 2.55. The molecule has 12 nitrogen and oxygen atoms in total. The van der Waals surface area contributed by atoms with Gasteiger partial charge in [-0.3, -0.25) is 13.9 Å². The molecule has 1 amide bonds. The largest absolute Gasteiger partial charge is 0.387 e. The smallest absolute Gasteiger partial charge is 0.340 e. The van der Waals surface area contributed by atoms with Crippen LogP contribution in [-0.2, 0) is 23.2 Å². The van der Waals surface area contributed by atoms with E-state index in [0.717, 1.165) is 0 Å². The van der Waals surface area contributed by atoms with E-state index in [0.29, 0.717) is 0 Å². The number of amides is 1. The Bertz CT molecular complexity index is 724. The quantitative estimate of drug-likeness (QED) is 0.254. The Morgan fingerprint density at radius 2 is 1.92 bits per heavy atom. The van der Waals surface area contributed by atoms with Crippen LogP contribution in [0.4, 0.5) is 0 Å². The first kappa shape index (κ1) is 21.7. The van der Waals surface area contributed by atoms with Crippen LogP contribution in [0.15, 0.2) is 23.1 Å². The lowest BCUT2D eigenvalue weighted by Crippen LogP contribution is -2.47. The maximum absolute atomic E-state index is 11.6. The van der Waals surface area contributed by atoms with E-state index in [4.69, 9.17) is 14.5 Å². The van der Waals surface area contributed by atoms with Crippen molar-refractivity contribution < 1.29 is 48.1 Å². The number of nitrogens with zero attached hydrogens (tertiary/aromatic N) is 1. The Morgan fingerprint density at radius 3 is 2.50 bits per heavy atom. The second-order valence-electron chi connectivity index (χ2n) is 5.57. The highest BCUT2D eigenvalue weighted by atomic mass is 79.9. The van der Waals surface area contributed by atoms with Gasteiger partial charge < -0.3 is 44.4 Å². The molecule has 0 spiro atoms. The van der Waals surface area contributed by atoms with Gasteiger partial charge in [0, 0.05) is 6.20 Å². The van der Waals surface area contributed by atoms with Gasteiger partial charge in [0.25, 0.3) is 5.91 Å². The van der Waals surface area contributed by atoms with Crippen LogP contribution < -0.4 is 5.32 Å². The summed E-state index contributed by atoms with van der Waals surface area (Å²) in [6.07, 6.45) is -4.22. The van der Waals surface area contributed by atoms with E-state index in [-0.39, 0.29) is 10.3 Å². The summed E-state index contributed by atoms with van der Waals surface area (Å²) in [6.45, 7) is 2.88. The summed E-state index contributed by atoms with van der Waals surface area (Å²) in [5.74, 6) is -1.80. The number of ether oxygens (including phenoxy) is 1. The summed E-state index contributed by atoms with van der Waals surface area (Å²) in [7, 11) is -9.43. The molecule has 2 aliphatic rings. The topological polar surface area (TPSA) is 186 Å². The second kappa shape index (κ2) is 7.80. The summed E-state index contributed by atoms with van der Waals surface area (Å²) >= 11 is 3.00. The van der Waals surface area contributed by atoms with Crippen molar-refractivity contribution in [2.75, 3.05) is 12.5 Å². The highest BCUT2D eigenvalue weighted by molar-refractivity contribution is 9.12. The minimum Gasteiger partial charge on any atom is -0.387 e. The van der Waals surface area contributed by atoms with Gasteiger partial charge in [-0.15, -0.1) is 0 Å². The summed E-state index contributed by atoms with van der Waals surface area (Å²) in [4.78, 5) is 39.6. The van der Waals surface area contributed by atoms with Gasteiger partial charge in [0.2, 0.25) is 0 Å². The molecule has 1 fully saturated rings. The Kier molecular flexibility index (Phi) is 6.51. The summed E-state index contributed by atoms with van der Waals surface area (Å²) in [6, 6.07) is 0.